The number of aromatic nitrogens is 4. The van der Waals surface area contributed by atoms with E-state index in [1.165, 1.54) is 16.8 Å². The number of amides is 1. The Kier molecular flexibility index (Phi) is 5.18. The lowest BCUT2D eigenvalue weighted by molar-refractivity contribution is -0.138. The first kappa shape index (κ1) is 21.2. The van der Waals surface area contributed by atoms with Crippen LogP contribution in [0.2, 0.25) is 0 Å². The maximum absolute atomic E-state index is 13.2. The maximum Gasteiger partial charge on any atom is 0.416 e. The molecule has 8 nitrogen and oxygen atoms in total. The molecule has 11 heteroatoms. The van der Waals surface area contributed by atoms with Crippen LogP contribution in [0.4, 0.5) is 30.6 Å². The number of carbonyl (C=O) groups excluding carboxylic acids is 1. The molecular weight excluding hydrogens is 435 g/mol. The van der Waals surface area contributed by atoms with E-state index in [1.807, 2.05) is 4.90 Å². The molecule has 1 aromatic carbocycles. The van der Waals surface area contributed by atoms with Crippen LogP contribution in [0.15, 0.2) is 42.9 Å². The number of rotatable bonds is 5. The fraction of sp³-hybridized carbons (Fsp3) is 0.364. The molecule has 0 aliphatic carbocycles. The van der Waals surface area contributed by atoms with Crippen LogP contribution < -0.4 is 15.1 Å². The number of nitrogens with zero attached hydrogens (tertiary/aromatic N) is 6. The van der Waals surface area contributed by atoms with Gasteiger partial charge in [0.2, 0.25) is 11.9 Å². The molecule has 1 fully saturated rings. The quantitative estimate of drug-likeness (QED) is 0.634. The van der Waals surface area contributed by atoms with Gasteiger partial charge in [-0.15, -0.1) is 0 Å². The van der Waals surface area contributed by atoms with Crippen molar-refractivity contribution in [3.63, 3.8) is 0 Å². The summed E-state index contributed by atoms with van der Waals surface area (Å²) in [5.41, 5.74) is 0.961. The van der Waals surface area contributed by atoms with E-state index in [9.17, 15) is 18.0 Å². The lowest BCUT2D eigenvalue weighted by Gasteiger charge is -2.36. The first-order valence-corrected chi connectivity index (χ1v) is 10.6. The highest BCUT2D eigenvalue weighted by Gasteiger charge is 2.40. The molecule has 0 spiro atoms. The molecule has 5 rings (SSSR count). The van der Waals surface area contributed by atoms with Crippen LogP contribution in [-0.4, -0.2) is 45.3 Å². The Labute approximate surface area is 188 Å². The summed E-state index contributed by atoms with van der Waals surface area (Å²) in [4.78, 5) is 25.1. The van der Waals surface area contributed by atoms with E-state index < -0.39 is 11.7 Å². The van der Waals surface area contributed by atoms with Gasteiger partial charge in [-0.1, -0.05) is 18.2 Å². The smallest absolute Gasteiger partial charge is 0.350 e. The van der Waals surface area contributed by atoms with Crippen LogP contribution >= 0.6 is 0 Å². The van der Waals surface area contributed by atoms with Crippen molar-refractivity contribution in [2.75, 3.05) is 28.7 Å². The summed E-state index contributed by atoms with van der Waals surface area (Å²) >= 11 is 0. The second-order valence-corrected chi connectivity index (χ2v) is 8.21. The SMILES string of the molecule is CN1C(=O)[C@@H]2CCCN2c2nc(NCc3cnn(Cc4ccccc4C(F)(F)F)c3)ncc21. The van der Waals surface area contributed by atoms with Gasteiger partial charge in [-0.25, -0.2) is 4.98 Å². The number of benzene rings is 1. The van der Waals surface area contributed by atoms with E-state index in [0.29, 0.717) is 18.2 Å². The van der Waals surface area contributed by atoms with Crippen LogP contribution in [0.5, 0.6) is 0 Å². The molecule has 0 unspecified atom stereocenters. The highest BCUT2D eigenvalue weighted by atomic mass is 19.4. The van der Waals surface area contributed by atoms with E-state index in [1.54, 1.807) is 36.6 Å². The van der Waals surface area contributed by atoms with E-state index in [-0.39, 0.29) is 24.1 Å². The molecule has 2 aromatic heterocycles. The fourth-order valence-corrected chi connectivity index (χ4v) is 4.39. The Balaban J connectivity index is 1.29. The van der Waals surface area contributed by atoms with Gasteiger partial charge in [0.25, 0.3) is 0 Å². The molecule has 2 aliphatic heterocycles. The summed E-state index contributed by atoms with van der Waals surface area (Å²) in [7, 11) is 1.73. The van der Waals surface area contributed by atoms with Crippen LogP contribution in [0, 0.1) is 0 Å². The number of anilines is 3. The third-order valence-electron chi connectivity index (χ3n) is 6.04. The van der Waals surface area contributed by atoms with Gasteiger partial charge in [-0.3, -0.25) is 9.48 Å². The van der Waals surface area contributed by atoms with Gasteiger partial charge in [0, 0.05) is 31.9 Å². The predicted octanol–water partition coefficient (Wildman–Crippen LogP) is 3.30. The molecule has 4 heterocycles. The van der Waals surface area contributed by atoms with Crippen molar-refractivity contribution in [2.24, 2.45) is 0 Å². The Bertz CT molecular complexity index is 1190. The molecule has 0 saturated carbocycles. The van der Waals surface area contributed by atoms with Crippen molar-refractivity contribution in [2.45, 2.75) is 38.1 Å². The highest BCUT2D eigenvalue weighted by molar-refractivity contribution is 6.04. The number of hydrogen-bond acceptors (Lipinski definition) is 6. The Hall–Kier alpha value is -3.63. The van der Waals surface area contributed by atoms with E-state index >= 15 is 0 Å². The largest absolute Gasteiger partial charge is 0.416 e. The third kappa shape index (κ3) is 3.98. The Morgan fingerprint density at radius 2 is 2.03 bits per heavy atom. The summed E-state index contributed by atoms with van der Waals surface area (Å²) in [5, 5.41) is 7.34. The topological polar surface area (TPSA) is 79.2 Å². The van der Waals surface area contributed by atoms with Gasteiger partial charge >= 0.3 is 6.18 Å². The van der Waals surface area contributed by atoms with E-state index in [0.717, 1.165) is 36.8 Å². The van der Waals surface area contributed by atoms with Crippen molar-refractivity contribution in [3.8, 4) is 0 Å². The average Bonchev–Trinajstić information content (AvgIpc) is 3.45. The monoisotopic (exact) mass is 457 g/mol. The molecule has 2 aliphatic rings. The molecule has 0 radical (unpaired) electrons. The minimum absolute atomic E-state index is 0.0156. The second kappa shape index (κ2) is 8.05. The van der Waals surface area contributed by atoms with Gasteiger partial charge in [0.1, 0.15) is 11.7 Å². The summed E-state index contributed by atoms with van der Waals surface area (Å²) in [6, 6.07) is 5.31. The first-order chi connectivity index (χ1) is 15.8. The highest BCUT2D eigenvalue weighted by Crippen LogP contribution is 2.38. The van der Waals surface area contributed by atoms with Crippen molar-refractivity contribution in [3.05, 3.63) is 59.5 Å². The Morgan fingerprint density at radius 1 is 1.21 bits per heavy atom. The number of nitrogens with one attached hydrogen (secondary N) is 1. The lowest BCUT2D eigenvalue weighted by atomic mass is 10.1. The summed E-state index contributed by atoms with van der Waals surface area (Å²) in [6.45, 7) is 1.15. The first-order valence-electron chi connectivity index (χ1n) is 10.6. The van der Waals surface area contributed by atoms with Crippen molar-refractivity contribution in [1.29, 1.82) is 0 Å². The second-order valence-electron chi connectivity index (χ2n) is 8.21. The van der Waals surface area contributed by atoms with Crippen molar-refractivity contribution >= 4 is 23.4 Å². The maximum atomic E-state index is 13.2. The predicted molar refractivity (Wildman–Crippen MR) is 116 cm³/mol. The number of alkyl halides is 3. The lowest BCUT2D eigenvalue weighted by Crippen LogP contribution is -2.49. The molecule has 33 heavy (non-hydrogen) atoms. The van der Waals surface area contributed by atoms with Crippen LogP contribution in [-0.2, 0) is 24.1 Å². The zero-order chi connectivity index (χ0) is 23.2. The summed E-state index contributed by atoms with van der Waals surface area (Å²) < 4.78 is 41.2. The number of carbonyl (C=O) groups is 1. The van der Waals surface area contributed by atoms with Gasteiger partial charge in [0.05, 0.1) is 24.5 Å². The zero-order valence-electron chi connectivity index (χ0n) is 17.9. The normalized spacial score (nSPS) is 17.8. The third-order valence-corrected chi connectivity index (χ3v) is 6.04. The van der Waals surface area contributed by atoms with Gasteiger partial charge in [0.15, 0.2) is 5.82 Å². The fourth-order valence-electron chi connectivity index (χ4n) is 4.39. The minimum Gasteiger partial charge on any atom is -0.350 e. The summed E-state index contributed by atoms with van der Waals surface area (Å²) in [6.07, 6.45) is 2.27. The molecule has 172 valence electrons. The van der Waals surface area contributed by atoms with Crippen molar-refractivity contribution in [1.82, 2.24) is 19.7 Å². The molecule has 0 bridgehead atoms. The van der Waals surface area contributed by atoms with Gasteiger partial charge in [-0.2, -0.15) is 23.3 Å². The number of likely N-dealkylation sites (N-methyl/N-ethyl adjacent to an activating group) is 1. The zero-order valence-corrected chi connectivity index (χ0v) is 17.9. The minimum atomic E-state index is -4.41. The summed E-state index contributed by atoms with van der Waals surface area (Å²) in [5.74, 6) is 1.21. The number of fused-ring (bicyclic) bond motifs is 3. The molecule has 1 amide bonds. The average molecular weight is 457 g/mol. The number of halogens is 3. The number of hydrogen-bond donors (Lipinski definition) is 1. The van der Waals surface area contributed by atoms with E-state index in [4.69, 9.17) is 0 Å². The van der Waals surface area contributed by atoms with E-state index in [2.05, 4.69) is 20.4 Å². The van der Waals surface area contributed by atoms with Gasteiger partial charge < -0.3 is 15.1 Å². The van der Waals surface area contributed by atoms with Gasteiger partial charge in [-0.05, 0) is 24.5 Å². The van der Waals surface area contributed by atoms with Crippen molar-refractivity contribution < 1.29 is 18.0 Å². The van der Waals surface area contributed by atoms with Crippen LogP contribution in [0.25, 0.3) is 0 Å². The molecule has 1 atom stereocenters. The van der Waals surface area contributed by atoms with Crippen LogP contribution in [0.1, 0.15) is 29.5 Å². The Morgan fingerprint density at radius 3 is 2.85 bits per heavy atom. The molecule has 1 saturated heterocycles. The standard InChI is InChI=1S/C22H22F3N7O/c1-30-18-11-27-21(29-19(18)32-8-4-7-17(32)20(30)33)26-9-14-10-28-31(12-14)13-15-5-2-3-6-16(15)22(23,24)25/h2-3,5-6,10-12,17H,4,7-9,13H2,1H3,(H,26,27,29)/t17-/m0/s1. The molecular formula is C22H22F3N7O. The molecule has 1 N–H and O–H groups in total. The molecule has 3 aromatic rings. The van der Waals surface area contributed by atoms with Crippen LogP contribution in [0.3, 0.4) is 0 Å².